The van der Waals surface area contributed by atoms with Crippen LogP contribution in [0.25, 0.3) is 11.0 Å². The van der Waals surface area contributed by atoms with Crippen molar-refractivity contribution in [1.29, 1.82) is 0 Å². The molecule has 8 nitrogen and oxygen atoms in total. The number of carbonyl (C=O) groups excluding carboxylic acids is 1. The molecule has 1 aromatic carbocycles. The molecular formula is C27H28F3N5O3. The van der Waals surface area contributed by atoms with E-state index in [0.29, 0.717) is 11.2 Å². The minimum atomic E-state index is -4.54. The van der Waals surface area contributed by atoms with Crippen molar-refractivity contribution in [2.45, 2.75) is 51.4 Å². The second-order valence-electron chi connectivity index (χ2n) is 9.58. The summed E-state index contributed by atoms with van der Waals surface area (Å²) in [7, 11) is 1.52. The van der Waals surface area contributed by atoms with Crippen molar-refractivity contribution >= 4 is 22.8 Å². The van der Waals surface area contributed by atoms with Crippen LogP contribution in [0.15, 0.2) is 29.1 Å². The first-order chi connectivity index (χ1) is 17.8. The number of hydrogen-bond donors (Lipinski definition) is 2. The number of nitrogens with one attached hydrogen (secondary N) is 1. The maximum Gasteiger partial charge on any atom is 0.416 e. The highest BCUT2D eigenvalue weighted by molar-refractivity contribution is 5.88. The molecule has 200 valence electrons. The van der Waals surface area contributed by atoms with E-state index in [1.807, 2.05) is 0 Å². The first-order valence-corrected chi connectivity index (χ1v) is 12.0. The van der Waals surface area contributed by atoms with E-state index in [1.54, 1.807) is 11.8 Å². The summed E-state index contributed by atoms with van der Waals surface area (Å²) in [6.07, 6.45) is 1.55. The molecule has 38 heavy (non-hydrogen) atoms. The van der Waals surface area contributed by atoms with Crippen LogP contribution in [-0.2, 0) is 23.6 Å². The molecule has 2 aromatic heterocycles. The van der Waals surface area contributed by atoms with Gasteiger partial charge in [-0.3, -0.25) is 14.2 Å². The van der Waals surface area contributed by atoms with Gasteiger partial charge in [0, 0.05) is 32.6 Å². The number of amides is 1. The Balaban J connectivity index is 1.82. The van der Waals surface area contributed by atoms with Crippen LogP contribution in [-0.4, -0.2) is 43.5 Å². The number of aliphatic hydroxyl groups is 1. The quantitative estimate of drug-likeness (QED) is 0.504. The van der Waals surface area contributed by atoms with E-state index in [1.165, 1.54) is 43.7 Å². The molecule has 3 heterocycles. The van der Waals surface area contributed by atoms with E-state index in [0.717, 1.165) is 6.07 Å². The third-order valence-corrected chi connectivity index (χ3v) is 7.16. The highest BCUT2D eigenvalue weighted by atomic mass is 19.4. The molecule has 1 amide bonds. The molecule has 2 N–H and O–H groups in total. The van der Waals surface area contributed by atoms with E-state index in [4.69, 9.17) is 6.42 Å². The van der Waals surface area contributed by atoms with Crippen LogP contribution in [0.2, 0.25) is 0 Å². The number of likely N-dealkylation sites (tertiary alicyclic amines) is 1. The number of nitrogens with zero attached hydrogens (tertiary/aromatic N) is 4. The van der Waals surface area contributed by atoms with Gasteiger partial charge in [-0.1, -0.05) is 18.1 Å². The number of fused-ring (bicyclic) bond motifs is 1. The normalized spacial score (nSPS) is 16.2. The zero-order valence-corrected chi connectivity index (χ0v) is 21.5. The molecule has 0 bridgehead atoms. The Labute approximate surface area is 217 Å². The Hall–Kier alpha value is -3.91. The molecule has 4 rings (SSSR count). The van der Waals surface area contributed by atoms with Crippen molar-refractivity contribution in [2.24, 2.45) is 7.05 Å². The number of terminal acetylenes is 1. The van der Waals surface area contributed by atoms with Crippen LogP contribution in [0.1, 0.15) is 53.9 Å². The SMILES string of the molecule is C#C[C@@H](Nc1nc(C)nc2c1cc(C1(O)CCN(C(C)=O)CC1)c(=O)n2C)c1cccc(C(F)(F)F)c1C. The van der Waals surface area contributed by atoms with Crippen molar-refractivity contribution in [1.82, 2.24) is 19.4 Å². The zero-order valence-electron chi connectivity index (χ0n) is 21.5. The van der Waals surface area contributed by atoms with Crippen LogP contribution >= 0.6 is 0 Å². The van der Waals surface area contributed by atoms with Gasteiger partial charge in [0.05, 0.1) is 16.6 Å². The Morgan fingerprint density at radius 1 is 1.24 bits per heavy atom. The third-order valence-electron chi connectivity index (χ3n) is 7.16. The fourth-order valence-electron chi connectivity index (χ4n) is 4.96. The van der Waals surface area contributed by atoms with E-state index < -0.39 is 28.9 Å². The van der Waals surface area contributed by atoms with Crippen molar-refractivity contribution in [3.63, 3.8) is 0 Å². The van der Waals surface area contributed by atoms with Crippen LogP contribution in [0.3, 0.4) is 0 Å². The molecule has 0 spiro atoms. The fourth-order valence-corrected chi connectivity index (χ4v) is 4.96. The number of aromatic nitrogens is 3. The Kier molecular flexibility index (Phi) is 6.97. The van der Waals surface area contributed by atoms with Gasteiger partial charge in [0.2, 0.25) is 5.91 Å². The fraction of sp³-hybridized carbons (Fsp3) is 0.407. The molecule has 1 aliphatic heterocycles. The zero-order chi connectivity index (χ0) is 28.0. The van der Waals surface area contributed by atoms with E-state index in [9.17, 15) is 27.9 Å². The molecule has 1 atom stereocenters. The van der Waals surface area contributed by atoms with Crippen LogP contribution in [0, 0.1) is 26.2 Å². The second kappa shape index (κ2) is 9.76. The lowest BCUT2D eigenvalue weighted by molar-refractivity contribution is -0.138. The van der Waals surface area contributed by atoms with Gasteiger partial charge in [0.25, 0.3) is 5.56 Å². The minimum absolute atomic E-state index is 0.00911. The topological polar surface area (TPSA) is 100 Å². The predicted octanol–water partition coefficient (Wildman–Crippen LogP) is 3.58. The molecule has 0 radical (unpaired) electrons. The van der Waals surface area contributed by atoms with Crippen molar-refractivity contribution in [3.05, 3.63) is 62.7 Å². The summed E-state index contributed by atoms with van der Waals surface area (Å²) in [6.45, 7) is 5.00. The van der Waals surface area contributed by atoms with Crippen molar-refractivity contribution in [2.75, 3.05) is 18.4 Å². The van der Waals surface area contributed by atoms with Crippen molar-refractivity contribution < 1.29 is 23.1 Å². The lowest BCUT2D eigenvalue weighted by Crippen LogP contribution is -2.47. The highest BCUT2D eigenvalue weighted by Crippen LogP contribution is 2.37. The third kappa shape index (κ3) is 4.84. The molecule has 0 aliphatic carbocycles. The molecule has 11 heteroatoms. The monoisotopic (exact) mass is 527 g/mol. The number of carbonyl (C=O) groups is 1. The molecular weight excluding hydrogens is 499 g/mol. The summed E-state index contributed by atoms with van der Waals surface area (Å²) in [4.78, 5) is 35.5. The van der Waals surface area contributed by atoms with Gasteiger partial charge in [-0.05, 0) is 49.9 Å². The van der Waals surface area contributed by atoms with E-state index in [2.05, 4.69) is 21.2 Å². The maximum absolute atomic E-state index is 13.5. The van der Waals surface area contributed by atoms with Crippen molar-refractivity contribution in [3.8, 4) is 12.3 Å². The number of halogens is 3. The molecule has 1 saturated heterocycles. The summed E-state index contributed by atoms with van der Waals surface area (Å²) in [5, 5.41) is 14.9. The van der Waals surface area contributed by atoms with Gasteiger partial charge in [-0.25, -0.2) is 9.97 Å². The number of hydrogen-bond acceptors (Lipinski definition) is 6. The van der Waals surface area contributed by atoms with Crippen LogP contribution < -0.4 is 10.9 Å². The second-order valence-corrected chi connectivity index (χ2v) is 9.58. The summed E-state index contributed by atoms with van der Waals surface area (Å²) >= 11 is 0. The summed E-state index contributed by atoms with van der Waals surface area (Å²) in [5.74, 6) is 2.92. The van der Waals surface area contributed by atoms with E-state index >= 15 is 0 Å². The van der Waals surface area contributed by atoms with Gasteiger partial charge >= 0.3 is 6.18 Å². The minimum Gasteiger partial charge on any atom is -0.385 e. The summed E-state index contributed by atoms with van der Waals surface area (Å²) in [6, 6.07) is 4.35. The number of pyridine rings is 1. The van der Waals surface area contributed by atoms with Gasteiger partial charge in [-0.15, -0.1) is 6.42 Å². The lowest BCUT2D eigenvalue weighted by Gasteiger charge is -2.38. The maximum atomic E-state index is 13.5. The van der Waals surface area contributed by atoms with Crippen LogP contribution in [0.5, 0.6) is 0 Å². The summed E-state index contributed by atoms with van der Waals surface area (Å²) in [5.41, 5.74) is -2.07. The smallest absolute Gasteiger partial charge is 0.385 e. The lowest BCUT2D eigenvalue weighted by atomic mass is 9.84. The number of anilines is 1. The Bertz CT molecular complexity index is 1520. The average molecular weight is 528 g/mol. The number of alkyl halides is 3. The Morgan fingerprint density at radius 3 is 2.47 bits per heavy atom. The first kappa shape index (κ1) is 27.1. The molecule has 1 fully saturated rings. The van der Waals surface area contributed by atoms with Gasteiger partial charge < -0.3 is 15.3 Å². The van der Waals surface area contributed by atoms with Crippen LogP contribution in [0.4, 0.5) is 19.0 Å². The van der Waals surface area contributed by atoms with Gasteiger partial charge in [0.1, 0.15) is 23.3 Å². The van der Waals surface area contributed by atoms with Gasteiger partial charge in [0.15, 0.2) is 0 Å². The molecule has 1 aliphatic rings. The number of aryl methyl sites for hydroxylation is 2. The van der Waals surface area contributed by atoms with E-state index in [-0.39, 0.29) is 60.0 Å². The molecule has 3 aromatic rings. The highest BCUT2D eigenvalue weighted by Gasteiger charge is 2.38. The predicted molar refractivity (Wildman–Crippen MR) is 136 cm³/mol. The van der Waals surface area contributed by atoms with Gasteiger partial charge in [-0.2, -0.15) is 13.2 Å². The first-order valence-electron chi connectivity index (χ1n) is 12.0. The summed E-state index contributed by atoms with van der Waals surface area (Å²) < 4.78 is 41.9. The molecule has 0 saturated carbocycles. The number of piperidine rings is 1. The largest absolute Gasteiger partial charge is 0.416 e. The molecule has 0 unspecified atom stereocenters. The standard InChI is InChI=1S/C27H28F3N5O3/c1-6-22(18-8-7-9-20(15(18)2)27(28,29)30)33-23-19-14-21(25(37)34(5)24(19)32-16(3)31-23)26(38)10-12-35(13-11-26)17(4)36/h1,7-9,14,22,38H,10-13H2,2-5H3,(H,31,32,33)/t22-/m1/s1. The Morgan fingerprint density at radius 2 is 1.89 bits per heavy atom. The number of benzene rings is 1. The number of rotatable bonds is 4. The average Bonchev–Trinajstić information content (AvgIpc) is 2.84.